The van der Waals surface area contributed by atoms with Crippen LogP contribution < -0.4 is 0 Å². The van der Waals surface area contributed by atoms with E-state index in [-0.39, 0.29) is 0 Å². The molecule has 0 saturated carbocycles. The topological polar surface area (TPSA) is 63.1 Å². The first-order valence-electron chi connectivity index (χ1n) is 4.74. The molecule has 0 saturated heterocycles. The fraction of sp³-hybridized carbons (Fsp3) is 0.500. The first-order valence-corrected chi connectivity index (χ1v) is 6.01. The van der Waals surface area contributed by atoms with Gasteiger partial charge in [0.1, 0.15) is 0 Å². The Hall–Kier alpha value is -0.750. The molecule has 0 atom stereocenters. The molecule has 0 fully saturated rings. The third-order valence-electron chi connectivity index (χ3n) is 0.985. The zero-order valence-corrected chi connectivity index (χ0v) is 11.3. The second kappa shape index (κ2) is 14.2. The summed E-state index contributed by atoms with van der Waals surface area (Å²) in [5.41, 5.74) is 1.01. The average molecular weight is 262 g/mol. The van der Waals surface area contributed by atoms with Crippen LogP contribution in [0, 0.1) is 0 Å². The Morgan fingerprint density at radius 3 is 2.25 bits per heavy atom. The molecule has 0 aliphatic carbocycles. The number of aromatic nitrogens is 2. The molecule has 0 aromatic carbocycles. The highest BCUT2D eigenvalue weighted by Gasteiger charge is 1.87. The quantitative estimate of drug-likeness (QED) is 0.713. The van der Waals surface area contributed by atoms with Gasteiger partial charge in [-0.25, -0.2) is 0 Å². The van der Waals surface area contributed by atoms with Gasteiger partial charge in [-0.15, -0.1) is 0 Å². The molecule has 6 heteroatoms. The van der Waals surface area contributed by atoms with Crippen LogP contribution >= 0.6 is 25.3 Å². The molecule has 92 valence electrons. The lowest BCUT2D eigenvalue weighted by atomic mass is 10.4. The Balaban J connectivity index is 0. The molecule has 0 aliphatic rings. The van der Waals surface area contributed by atoms with Crippen molar-refractivity contribution in [1.29, 1.82) is 0 Å². The minimum Gasteiger partial charge on any atom is -0.481 e. The highest BCUT2D eigenvalue weighted by molar-refractivity contribution is 7.80. The number of hydrogen-bond donors (Lipinski definition) is 3. The summed E-state index contributed by atoms with van der Waals surface area (Å²) >= 11 is 7.85. The van der Waals surface area contributed by atoms with E-state index >= 15 is 0 Å². The molecule has 0 radical (unpaired) electrons. The van der Waals surface area contributed by atoms with Gasteiger partial charge in [-0.3, -0.25) is 14.8 Å². The molecular formula is C10H18N2O2S2. The van der Waals surface area contributed by atoms with Gasteiger partial charge in [0.05, 0.1) is 5.69 Å². The van der Waals surface area contributed by atoms with E-state index in [1.807, 2.05) is 6.92 Å². The van der Waals surface area contributed by atoms with Crippen LogP contribution in [0.15, 0.2) is 18.6 Å². The molecule has 1 N–H and O–H groups in total. The molecule has 1 aromatic heterocycles. The van der Waals surface area contributed by atoms with Gasteiger partial charge in [-0.2, -0.15) is 25.3 Å². The molecule has 1 rings (SSSR count). The third-order valence-corrected chi connectivity index (χ3v) is 1.21. The summed E-state index contributed by atoms with van der Waals surface area (Å²) in [4.78, 5) is 17.0. The minimum absolute atomic E-state index is 0.832. The summed E-state index contributed by atoms with van der Waals surface area (Å²) < 4.78 is 0. The highest BCUT2D eigenvalue weighted by Crippen LogP contribution is 1.91. The van der Waals surface area contributed by atoms with Crippen LogP contribution in [0.5, 0.6) is 0 Å². The van der Waals surface area contributed by atoms with Gasteiger partial charge < -0.3 is 5.11 Å². The number of thiol groups is 2. The van der Waals surface area contributed by atoms with Gasteiger partial charge in [0.15, 0.2) is 0 Å². The summed E-state index contributed by atoms with van der Waals surface area (Å²) in [5.74, 6) is 0.943. The van der Waals surface area contributed by atoms with E-state index in [9.17, 15) is 0 Å². The predicted octanol–water partition coefficient (Wildman–Crippen LogP) is 1.98. The second-order valence-electron chi connectivity index (χ2n) is 2.51. The SMILES string of the molecule is CC(=O)O.CCS.SCCc1cnccn1. The molecule has 0 unspecified atom stereocenters. The lowest BCUT2D eigenvalue weighted by Crippen LogP contribution is -1.90. The highest BCUT2D eigenvalue weighted by atomic mass is 32.1. The smallest absolute Gasteiger partial charge is 0.300 e. The average Bonchev–Trinajstić information content (AvgIpc) is 2.20. The predicted molar refractivity (Wildman–Crippen MR) is 72.4 cm³/mol. The van der Waals surface area contributed by atoms with E-state index in [0.717, 1.165) is 30.5 Å². The standard InChI is InChI=1S/C6H8N2S.C2H4O2.C2H6S/c9-4-1-6-5-7-2-3-8-6;1-2(3)4;1-2-3/h2-3,5,9H,1,4H2;1H3,(H,3,4);3H,2H2,1H3. The number of rotatable bonds is 2. The Morgan fingerprint density at radius 1 is 1.44 bits per heavy atom. The molecule has 0 amide bonds. The summed E-state index contributed by atoms with van der Waals surface area (Å²) in [7, 11) is 0. The number of carboxylic acid groups (broad SMARTS) is 1. The van der Waals surface area contributed by atoms with Crippen LogP contribution in [0.3, 0.4) is 0 Å². The summed E-state index contributed by atoms with van der Waals surface area (Å²) in [6, 6.07) is 0. The van der Waals surface area contributed by atoms with E-state index in [1.165, 1.54) is 0 Å². The van der Waals surface area contributed by atoms with E-state index in [1.54, 1.807) is 18.6 Å². The molecule has 0 bridgehead atoms. The molecule has 0 aliphatic heterocycles. The van der Waals surface area contributed by atoms with Gasteiger partial charge in [-0.05, 0) is 11.5 Å². The van der Waals surface area contributed by atoms with Crippen LogP contribution in [-0.2, 0) is 11.2 Å². The van der Waals surface area contributed by atoms with Gasteiger partial charge in [0.2, 0.25) is 0 Å². The van der Waals surface area contributed by atoms with Crippen molar-refractivity contribution in [2.45, 2.75) is 20.3 Å². The fourth-order valence-corrected chi connectivity index (χ4v) is 0.803. The third kappa shape index (κ3) is 18.9. The zero-order valence-electron chi connectivity index (χ0n) is 9.50. The van der Waals surface area contributed by atoms with E-state index in [2.05, 4.69) is 35.2 Å². The molecule has 0 spiro atoms. The minimum atomic E-state index is -0.833. The number of hydrogen-bond acceptors (Lipinski definition) is 5. The molecule has 1 aromatic rings. The maximum absolute atomic E-state index is 9.00. The van der Waals surface area contributed by atoms with Crippen LogP contribution in [0.4, 0.5) is 0 Å². The summed E-state index contributed by atoms with van der Waals surface area (Å²) in [6.07, 6.45) is 6.02. The molecule has 1 heterocycles. The van der Waals surface area contributed by atoms with Crippen molar-refractivity contribution in [3.8, 4) is 0 Å². The first kappa shape index (κ1) is 17.6. The van der Waals surface area contributed by atoms with Gasteiger partial charge in [0.25, 0.3) is 5.97 Å². The Bertz CT molecular complexity index is 254. The number of carboxylic acids is 1. The van der Waals surface area contributed by atoms with E-state index in [4.69, 9.17) is 9.90 Å². The molecule has 4 nitrogen and oxygen atoms in total. The first-order chi connectivity index (χ1) is 7.58. The van der Waals surface area contributed by atoms with Crippen LogP contribution in [0.2, 0.25) is 0 Å². The van der Waals surface area contributed by atoms with E-state index in [0.29, 0.717) is 0 Å². The van der Waals surface area contributed by atoms with Crippen molar-refractivity contribution in [3.05, 3.63) is 24.3 Å². The van der Waals surface area contributed by atoms with E-state index < -0.39 is 5.97 Å². The largest absolute Gasteiger partial charge is 0.481 e. The monoisotopic (exact) mass is 262 g/mol. The normalized spacial score (nSPS) is 8.00. The number of aryl methyl sites for hydroxylation is 1. The van der Waals surface area contributed by atoms with Crippen LogP contribution in [0.25, 0.3) is 0 Å². The maximum Gasteiger partial charge on any atom is 0.300 e. The van der Waals surface area contributed by atoms with Crippen molar-refractivity contribution in [1.82, 2.24) is 9.97 Å². The van der Waals surface area contributed by atoms with Gasteiger partial charge in [0, 0.05) is 31.9 Å². The Morgan fingerprint density at radius 2 is 1.94 bits per heavy atom. The molecular weight excluding hydrogens is 244 g/mol. The Labute approximate surface area is 107 Å². The summed E-state index contributed by atoms with van der Waals surface area (Å²) in [6.45, 7) is 3.07. The van der Waals surface area contributed by atoms with Crippen molar-refractivity contribution >= 4 is 31.2 Å². The van der Waals surface area contributed by atoms with Crippen molar-refractivity contribution in [2.75, 3.05) is 11.5 Å². The molecule has 16 heavy (non-hydrogen) atoms. The lowest BCUT2D eigenvalue weighted by molar-refractivity contribution is -0.134. The number of carbonyl (C=O) groups is 1. The fourth-order valence-electron chi connectivity index (χ4n) is 0.574. The number of nitrogens with zero attached hydrogens (tertiary/aromatic N) is 2. The van der Waals surface area contributed by atoms with Gasteiger partial charge in [-0.1, -0.05) is 6.92 Å². The Kier molecular flexibility index (Phi) is 15.7. The van der Waals surface area contributed by atoms with Crippen molar-refractivity contribution < 1.29 is 9.90 Å². The number of aliphatic carboxylic acids is 1. The van der Waals surface area contributed by atoms with Gasteiger partial charge >= 0.3 is 0 Å². The van der Waals surface area contributed by atoms with Crippen LogP contribution in [-0.4, -0.2) is 32.5 Å². The maximum atomic E-state index is 9.00. The lowest BCUT2D eigenvalue weighted by Gasteiger charge is -1.91. The summed E-state index contributed by atoms with van der Waals surface area (Å²) in [5, 5.41) is 7.42. The second-order valence-corrected chi connectivity index (χ2v) is 3.59. The zero-order chi connectivity index (χ0) is 12.8. The van der Waals surface area contributed by atoms with Crippen molar-refractivity contribution in [3.63, 3.8) is 0 Å². The van der Waals surface area contributed by atoms with Crippen molar-refractivity contribution in [2.24, 2.45) is 0 Å². The van der Waals surface area contributed by atoms with Crippen LogP contribution in [0.1, 0.15) is 19.5 Å².